The molecule has 0 bridgehead atoms. The Morgan fingerprint density at radius 3 is 2.73 bits per heavy atom. The minimum Gasteiger partial charge on any atom is -0.303 e. The van der Waals surface area contributed by atoms with Gasteiger partial charge in [0.25, 0.3) is 0 Å². The molecule has 1 nitrogen and oxygen atoms in total. The maximum Gasteiger partial charge on any atom is 0.00448 e. The van der Waals surface area contributed by atoms with Gasteiger partial charge in [-0.3, -0.25) is 0 Å². The Labute approximate surface area is 72.7 Å². The van der Waals surface area contributed by atoms with Gasteiger partial charge < -0.3 is 4.90 Å². The molecule has 1 heterocycles. The highest BCUT2D eigenvalue weighted by Crippen LogP contribution is 2.17. The van der Waals surface area contributed by atoms with E-state index >= 15 is 0 Å². The summed E-state index contributed by atoms with van der Waals surface area (Å²) in [6, 6.07) is 0. The van der Waals surface area contributed by atoms with E-state index in [2.05, 4.69) is 28.0 Å². The van der Waals surface area contributed by atoms with E-state index in [0.29, 0.717) is 0 Å². The van der Waals surface area contributed by atoms with Gasteiger partial charge in [-0.2, -0.15) is 0 Å². The van der Waals surface area contributed by atoms with Gasteiger partial charge in [0.1, 0.15) is 0 Å². The van der Waals surface area contributed by atoms with Gasteiger partial charge in [-0.05, 0) is 37.5 Å². The topological polar surface area (TPSA) is 3.24 Å². The Balaban J connectivity index is 2.08. The lowest BCUT2D eigenvalue weighted by Gasteiger charge is -2.15. The summed E-state index contributed by atoms with van der Waals surface area (Å²) in [6.45, 7) is 8.53. The Morgan fingerprint density at radius 2 is 2.27 bits per heavy atom. The van der Waals surface area contributed by atoms with Crippen molar-refractivity contribution in [3.05, 3.63) is 0 Å². The van der Waals surface area contributed by atoms with E-state index < -0.39 is 0 Å². The quantitative estimate of drug-likeness (QED) is 0.590. The third kappa shape index (κ3) is 3.53. The Kier molecular flexibility index (Phi) is 3.81. The third-order valence-corrected chi connectivity index (χ3v) is 2.88. The smallest absolute Gasteiger partial charge is 0.00448 e. The summed E-state index contributed by atoms with van der Waals surface area (Å²) in [5, 5.41) is 0. The van der Waals surface area contributed by atoms with Crippen LogP contribution in [0.4, 0.5) is 0 Å². The summed E-state index contributed by atoms with van der Waals surface area (Å²) >= 11 is 0. The maximum atomic E-state index is 2.93. The summed E-state index contributed by atoms with van der Waals surface area (Å²) in [5.41, 5.74) is 0.863. The van der Waals surface area contributed by atoms with Crippen LogP contribution >= 0.6 is 9.24 Å². The third-order valence-electron chi connectivity index (χ3n) is 2.33. The minimum atomic E-state index is 0.860. The average Bonchev–Trinajstić information content (AvgIpc) is 2.31. The first kappa shape index (κ1) is 9.48. The molecule has 2 heteroatoms. The van der Waals surface area contributed by atoms with Crippen LogP contribution in [0.2, 0.25) is 0 Å². The van der Waals surface area contributed by atoms with Crippen LogP contribution < -0.4 is 0 Å². The van der Waals surface area contributed by atoms with Crippen LogP contribution in [0.25, 0.3) is 0 Å². The summed E-state index contributed by atoms with van der Waals surface area (Å²) in [6.07, 6.45) is 2.74. The van der Waals surface area contributed by atoms with Crippen molar-refractivity contribution < 1.29 is 0 Å². The van der Waals surface area contributed by atoms with Crippen LogP contribution in [0.3, 0.4) is 0 Å². The molecule has 2 atom stereocenters. The molecule has 1 rings (SSSR count). The molecule has 1 aliphatic heterocycles. The summed E-state index contributed by atoms with van der Waals surface area (Å²) < 4.78 is 0. The molecule has 0 aromatic rings. The van der Waals surface area contributed by atoms with Crippen molar-refractivity contribution in [1.29, 1.82) is 0 Å². The van der Waals surface area contributed by atoms with Crippen LogP contribution in [0.1, 0.15) is 26.7 Å². The van der Waals surface area contributed by atoms with Crippen molar-refractivity contribution >= 4 is 9.24 Å². The zero-order chi connectivity index (χ0) is 8.27. The van der Waals surface area contributed by atoms with Gasteiger partial charge in [0.15, 0.2) is 0 Å². The van der Waals surface area contributed by atoms with Crippen molar-refractivity contribution in [2.75, 3.05) is 19.6 Å². The highest BCUT2D eigenvalue weighted by molar-refractivity contribution is 7.17. The average molecular weight is 173 g/mol. The largest absolute Gasteiger partial charge is 0.303 e. The molecule has 0 N–H and O–H groups in total. The Hall–Kier alpha value is 0.390. The lowest BCUT2D eigenvalue weighted by atomic mass is 10.1. The van der Waals surface area contributed by atoms with Gasteiger partial charge in [0.2, 0.25) is 0 Å². The fraction of sp³-hybridized carbons (Fsp3) is 1.00. The molecule has 0 aliphatic carbocycles. The maximum absolute atomic E-state index is 2.93. The van der Waals surface area contributed by atoms with E-state index in [0.717, 1.165) is 11.6 Å². The zero-order valence-corrected chi connectivity index (χ0v) is 8.87. The van der Waals surface area contributed by atoms with Gasteiger partial charge in [0, 0.05) is 6.54 Å². The molecule has 1 fully saturated rings. The second-order valence-corrected chi connectivity index (χ2v) is 4.97. The summed E-state index contributed by atoms with van der Waals surface area (Å²) in [4.78, 5) is 2.58. The van der Waals surface area contributed by atoms with Gasteiger partial charge in [-0.1, -0.05) is 13.8 Å². The number of nitrogens with zero attached hydrogens (tertiary/aromatic N) is 1. The van der Waals surface area contributed by atoms with E-state index in [1.54, 1.807) is 0 Å². The monoisotopic (exact) mass is 173 g/mol. The minimum absolute atomic E-state index is 0.860. The van der Waals surface area contributed by atoms with Crippen LogP contribution in [0.5, 0.6) is 0 Å². The summed E-state index contributed by atoms with van der Waals surface area (Å²) in [7, 11) is 2.93. The zero-order valence-electron chi connectivity index (χ0n) is 7.71. The number of rotatable bonds is 3. The van der Waals surface area contributed by atoms with Crippen molar-refractivity contribution in [3.63, 3.8) is 0 Å². The Morgan fingerprint density at radius 1 is 1.55 bits per heavy atom. The van der Waals surface area contributed by atoms with Gasteiger partial charge in [0.05, 0.1) is 0 Å². The lowest BCUT2D eigenvalue weighted by molar-refractivity contribution is 0.314. The molecule has 0 spiro atoms. The van der Waals surface area contributed by atoms with Crippen molar-refractivity contribution in [2.45, 2.75) is 32.3 Å². The molecule has 0 saturated carbocycles. The van der Waals surface area contributed by atoms with Gasteiger partial charge in [-0.15, -0.1) is 9.24 Å². The molecule has 1 aliphatic rings. The van der Waals surface area contributed by atoms with E-state index in [9.17, 15) is 0 Å². The fourth-order valence-electron chi connectivity index (χ4n) is 1.51. The highest BCUT2D eigenvalue weighted by atomic mass is 31.0. The molecule has 66 valence electrons. The first-order chi connectivity index (χ1) is 5.18. The van der Waals surface area contributed by atoms with Crippen LogP contribution in [0, 0.1) is 5.92 Å². The number of likely N-dealkylation sites (tertiary alicyclic amines) is 1. The first-order valence-electron chi connectivity index (χ1n) is 4.66. The molecule has 2 unspecified atom stereocenters. The molecule has 0 aromatic heterocycles. The second-order valence-electron chi connectivity index (χ2n) is 4.03. The highest BCUT2D eigenvalue weighted by Gasteiger charge is 2.17. The number of hydrogen-bond donors (Lipinski definition) is 0. The number of hydrogen-bond acceptors (Lipinski definition) is 1. The standard InChI is InChI=1S/C9H20NP/c1-8(2)3-5-10-6-4-9(11)7-10/h8-9H,3-7,11H2,1-2H3. The molecular weight excluding hydrogens is 153 g/mol. The van der Waals surface area contributed by atoms with Gasteiger partial charge >= 0.3 is 0 Å². The first-order valence-corrected chi connectivity index (χ1v) is 5.33. The molecule has 1 saturated heterocycles. The molecule has 11 heavy (non-hydrogen) atoms. The van der Waals surface area contributed by atoms with E-state index in [-0.39, 0.29) is 0 Å². The SMILES string of the molecule is CC(C)CCN1CCC(P)C1. The normalized spacial score (nSPS) is 26.7. The van der Waals surface area contributed by atoms with Crippen molar-refractivity contribution in [3.8, 4) is 0 Å². The fourth-order valence-corrected chi connectivity index (χ4v) is 1.95. The van der Waals surface area contributed by atoms with Crippen LogP contribution in [-0.2, 0) is 0 Å². The predicted octanol–water partition coefficient (Wildman–Crippen LogP) is 1.98. The van der Waals surface area contributed by atoms with E-state index in [1.807, 2.05) is 0 Å². The van der Waals surface area contributed by atoms with Crippen LogP contribution in [-0.4, -0.2) is 30.2 Å². The van der Waals surface area contributed by atoms with Crippen LogP contribution in [0.15, 0.2) is 0 Å². The predicted molar refractivity (Wildman–Crippen MR) is 54.0 cm³/mol. The molecule has 0 aromatic carbocycles. The molecular formula is C9H20NP. The van der Waals surface area contributed by atoms with Gasteiger partial charge in [-0.25, -0.2) is 0 Å². The molecule has 0 amide bonds. The van der Waals surface area contributed by atoms with Crippen molar-refractivity contribution in [2.24, 2.45) is 5.92 Å². The lowest BCUT2D eigenvalue weighted by Crippen LogP contribution is -2.22. The summed E-state index contributed by atoms with van der Waals surface area (Å²) in [5.74, 6) is 0.860. The van der Waals surface area contributed by atoms with Crippen molar-refractivity contribution in [1.82, 2.24) is 4.90 Å². The second kappa shape index (κ2) is 4.42. The molecule has 0 radical (unpaired) electrons. The van der Waals surface area contributed by atoms with E-state index in [1.165, 1.54) is 32.5 Å². The van der Waals surface area contributed by atoms with E-state index in [4.69, 9.17) is 0 Å². The Bertz CT molecular complexity index is 114.